The average Bonchev–Trinajstić information content (AvgIpc) is 2.92. The van der Waals surface area contributed by atoms with Crippen molar-refractivity contribution in [2.45, 2.75) is 43.9 Å². The molecule has 4 rings (SSSR count). The highest BCUT2D eigenvalue weighted by atomic mass is 19.1. The molecule has 0 bridgehead atoms. The number of nitrogens with one attached hydrogen (secondary N) is 2. The van der Waals surface area contributed by atoms with Crippen LogP contribution in [0.15, 0.2) is 18.2 Å². The molecule has 2 fully saturated rings. The van der Waals surface area contributed by atoms with Crippen LogP contribution in [0.3, 0.4) is 0 Å². The highest BCUT2D eigenvalue weighted by molar-refractivity contribution is 6.05. The summed E-state index contributed by atoms with van der Waals surface area (Å²) in [5.74, 6) is -1.02. The number of piperidine rings is 2. The van der Waals surface area contributed by atoms with E-state index in [4.69, 9.17) is 0 Å². The van der Waals surface area contributed by atoms with Gasteiger partial charge in [0, 0.05) is 18.5 Å². The zero-order valence-electron chi connectivity index (χ0n) is 13.8. The van der Waals surface area contributed by atoms with Gasteiger partial charge in [0.2, 0.25) is 11.8 Å². The summed E-state index contributed by atoms with van der Waals surface area (Å²) in [5, 5.41) is 5.44. The van der Waals surface area contributed by atoms with Crippen LogP contribution in [0, 0.1) is 0 Å². The Morgan fingerprint density at radius 1 is 1.16 bits per heavy atom. The Kier molecular flexibility index (Phi) is 3.83. The van der Waals surface area contributed by atoms with Gasteiger partial charge in [0.05, 0.1) is 0 Å². The summed E-state index contributed by atoms with van der Waals surface area (Å²) >= 11 is 0. The summed E-state index contributed by atoms with van der Waals surface area (Å²) in [6.45, 7) is 1.42. The molecule has 1 unspecified atom stereocenters. The SMILES string of the molecule is O=C1CCC(N2Cc3c(cccc3C3(F)CCNCC3)C2=O)C(=O)N1. The monoisotopic (exact) mass is 345 g/mol. The maximum absolute atomic E-state index is 15.5. The van der Waals surface area contributed by atoms with Crippen LogP contribution in [0.2, 0.25) is 0 Å². The van der Waals surface area contributed by atoms with E-state index in [2.05, 4.69) is 10.6 Å². The van der Waals surface area contributed by atoms with Gasteiger partial charge in [-0.2, -0.15) is 0 Å². The van der Waals surface area contributed by atoms with Crippen molar-refractivity contribution in [1.29, 1.82) is 0 Å². The largest absolute Gasteiger partial charge is 0.322 e. The van der Waals surface area contributed by atoms with E-state index in [1.165, 1.54) is 4.90 Å². The van der Waals surface area contributed by atoms with Gasteiger partial charge in [-0.25, -0.2) is 4.39 Å². The summed E-state index contributed by atoms with van der Waals surface area (Å²) in [5.41, 5.74) is 0.270. The minimum atomic E-state index is -1.45. The Morgan fingerprint density at radius 2 is 1.92 bits per heavy atom. The van der Waals surface area contributed by atoms with Crippen LogP contribution in [0.4, 0.5) is 4.39 Å². The fourth-order valence-electron chi connectivity index (χ4n) is 4.10. The average molecular weight is 345 g/mol. The van der Waals surface area contributed by atoms with Crippen LogP contribution in [0.5, 0.6) is 0 Å². The second-order valence-corrected chi connectivity index (χ2v) is 6.95. The molecule has 25 heavy (non-hydrogen) atoms. The van der Waals surface area contributed by atoms with Gasteiger partial charge in [-0.15, -0.1) is 0 Å². The molecule has 0 saturated carbocycles. The molecule has 1 atom stereocenters. The van der Waals surface area contributed by atoms with Crippen molar-refractivity contribution in [3.63, 3.8) is 0 Å². The normalized spacial score (nSPS) is 25.7. The molecule has 0 aromatic heterocycles. The molecule has 1 aromatic rings. The Balaban J connectivity index is 1.66. The standard InChI is InChI=1S/C18H20FN3O3/c19-18(6-8-20-9-7-18)13-3-1-2-11-12(13)10-22(17(11)25)14-4-5-15(23)21-16(14)24/h1-3,14,20H,4-10H2,(H,21,23,24). The zero-order valence-corrected chi connectivity index (χ0v) is 13.8. The first-order valence-electron chi connectivity index (χ1n) is 8.66. The lowest BCUT2D eigenvalue weighted by molar-refractivity contribution is -0.136. The Labute approximate surface area is 144 Å². The van der Waals surface area contributed by atoms with Gasteiger partial charge in [-0.05, 0) is 49.5 Å². The second-order valence-electron chi connectivity index (χ2n) is 6.95. The van der Waals surface area contributed by atoms with Gasteiger partial charge in [0.25, 0.3) is 5.91 Å². The lowest BCUT2D eigenvalue weighted by Crippen LogP contribution is -2.52. The molecule has 2 N–H and O–H groups in total. The van der Waals surface area contributed by atoms with Crippen molar-refractivity contribution >= 4 is 17.7 Å². The molecule has 3 amide bonds. The maximum atomic E-state index is 15.5. The van der Waals surface area contributed by atoms with E-state index in [9.17, 15) is 14.4 Å². The number of carbonyl (C=O) groups excluding carboxylic acids is 3. The molecule has 3 heterocycles. The summed E-state index contributed by atoms with van der Waals surface area (Å²) in [6, 6.07) is 4.49. The van der Waals surface area contributed by atoms with Crippen molar-refractivity contribution in [2.24, 2.45) is 0 Å². The van der Waals surface area contributed by atoms with Crippen molar-refractivity contribution in [2.75, 3.05) is 13.1 Å². The fourth-order valence-corrected chi connectivity index (χ4v) is 4.10. The third kappa shape index (κ3) is 2.63. The van der Waals surface area contributed by atoms with E-state index in [1.807, 2.05) is 0 Å². The van der Waals surface area contributed by atoms with Crippen LogP contribution in [-0.2, 0) is 21.8 Å². The van der Waals surface area contributed by atoms with Crippen molar-refractivity contribution in [1.82, 2.24) is 15.5 Å². The predicted molar refractivity (Wildman–Crippen MR) is 87.4 cm³/mol. The number of fused-ring (bicyclic) bond motifs is 1. The summed E-state index contributed by atoms with van der Waals surface area (Å²) in [4.78, 5) is 37.7. The molecule has 0 spiro atoms. The number of benzene rings is 1. The Bertz CT molecular complexity index is 758. The summed E-state index contributed by atoms with van der Waals surface area (Å²) in [7, 11) is 0. The van der Waals surface area contributed by atoms with E-state index in [0.717, 1.165) is 0 Å². The van der Waals surface area contributed by atoms with Gasteiger partial charge in [0.1, 0.15) is 11.7 Å². The third-order valence-electron chi connectivity index (χ3n) is 5.46. The first kappa shape index (κ1) is 16.2. The quantitative estimate of drug-likeness (QED) is 0.784. The smallest absolute Gasteiger partial charge is 0.255 e. The molecular formula is C18H20FN3O3. The van der Waals surface area contributed by atoms with Gasteiger partial charge in [-0.1, -0.05) is 12.1 Å². The lowest BCUT2D eigenvalue weighted by atomic mass is 9.83. The molecule has 7 heteroatoms. The highest BCUT2D eigenvalue weighted by Gasteiger charge is 2.43. The van der Waals surface area contributed by atoms with Gasteiger partial charge >= 0.3 is 0 Å². The first-order valence-corrected chi connectivity index (χ1v) is 8.66. The minimum Gasteiger partial charge on any atom is -0.322 e. The Morgan fingerprint density at radius 3 is 2.64 bits per heavy atom. The number of alkyl halides is 1. The summed E-state index contributed by atoms with van der Waals surface area (Å²) in [6.07, 6.45) is 1.26. The number of hydrogen-bond acceptors (Lipinski definition) is 4. The zero-order chi connectivity index (χ0) is 17.6. The number of amides is 3. The van der Waals surface area contributed by atoms with Gasteiger partial charge in [0.15, 0.2) is 0 Å². The predicted octanol–water partition coefficient (Wildman–Crippen LogP) is 0.996. The van der Waals surface area contributed by atoms with E-state index in [1.54, 1.807) is 18.2 Å². The first-order chi connectivity index (χ1) is 12.0. The van der Waals surface area contributed by atoms with Crippen LogP contribution in [0.1, 0.15) is 47.2 Å². The van der Waals surface area contributed by atoms with E-state index >= 15 is 4.39 Å². The number of nitrogens with zero attached hydrogens (tertiary/aromatic N) is 1. The number of hydrogen-bond donors (Lipinski definition) is 2. The summed E-state index contributed by atoms with van der Waals surface area (Å²) < 4.78 is 15.5. The Hall–Kier alpha value is -2.28. The molecule has 0 aliphatic carbocycles. The number of halogens is 1. The molecule has 6 nitrogen and oxygen atoms in total. The number of imide groups is 1. The van der Waals surface area contributed by atoms with Crippen molar-refractivity contribution in [3.05, 3.63) is 34.9 Å². The van der Waals surface area contributed by atoms with E-state index < -0.39 is 17.6 Å². The van der Waals surface area contributed by atoms with Crippen molar-refractivity contribution < 1.29 is 18.8 Å². The maximum Gasteiger partial charge on any atom is 0.255 e. The van der Waals surface area contributed by atoms with Gasteiger partial charge < -0.3 is 10.2 Å². The van der Waals surface area contributed by atoms with Crippen LogP contribution < -0.4 is 10.6 Å². The van der Waals surface area contributed by atoms with Crippen LogP contribution >= 0.6 is 0 Å². The minimum absolute atomic E-state index is 0.210. The van der Waals surface area contributed by atoms with Crippen LogP contribution in [-0.4, -0.2) is 41.8 Å². The molecule has 2 saturated heterocycles. The topological polar surface area (TPSA) is 78.5 Å². The molecule has 3 aliphatic heterocycles. The fraction of sp³-hybridized carbons (Fsp3) is 0.500. The second kappa shape index (κ2) is 5.91. The third-order valence-corrected chi connectivity index (χ3v) is 5.46. The molecular weight excluding hydrogens is 325 g/mol. The highest BCUT2D eigenvalue weighted by Crippen LogP contribution is 2.41. The number of carbonyl (C=O) groups is 3. The molecule has 3 aliphatic rings. The number of rotatable bonds is 2. The van der Waals surface area contributed by atoms with Crippen molar-refractivity contribution in [3.8, 4) is 0 Å². The van der Waals surface area contributed by atoms with E-state index in [-0.39, 0.29) is 24.8 Å². The molecule has 132 valence electrons. The lowest BCUT2D eigenvalue weighted by Gasteiger charge is -2.32. The van der Waals surface area contributed by atoms with E-state index in [0.29, 0.717) is 49.0 Å². The molecule has 0 radical (unpaired) electrons. The molecule has 1 aromatic carbocycles. The van der Waals surface area contributed by atoms with Crippen LogP contribution in [0.25, 0.3) is 0 Å². The van der Waals surface area contributed by atoms with Gasteiger partial charge in [-0.3, -0.25) is 19.7 Å².